The summed E-state index contributed by atoms with van der Waals surface area (Å²) in [5.41, 5.74) is 1.01. The van der Waals surface area contributed by atoms with E-state index in [0.29, 0.717) is 26.0 Å². The van der Waals surface area contributed by atoms with Gasteiger partial charge >= 0.3 is 0 Å². The Hall–Kier alpha value is -2.45. The molecular weight excluding hydrogens is 407 g/mol. The predicted molar refractivity (Wildman–Crippen MR) is 112 cm³/mol. The second kappa shape index (κ2) is 9.57. The third-order valence-electron chi connectivity index (χ3n) is 5.28. The average Bonchev–Trinajstić information content (AvgIpc) is 2.75. The third-order valence-corrected chi connectivity index (χ3v) is 7.20. The molecule has 162 valence electrons. The van der Waals surface area contributed by atoms with Crippen molar-refractivity contribution in [1.82, 2.24) is 9.21 Å². The Morgan fingerprint density at radius 2 is 1.70 bits per heavy atom. The molecule has 0 aromatic heterocycles. The van der Waals surface area contributed by atoms with Crippen LogP contribution in [0.25, 0.3) is 0 Å². The van der Waals surface area contributed by atoms with Crippen LogP contribution in [0.15, 0.2) is 53.4 Å². The Morgan fingerprint density at radius 1 is 1.10 bits per heavy atom. The second-order valence-electron chi connectivity index (χ2n) is 7.40. The van der Waals surface area contributed by atoms with Crippen LogP contribution >= 0.6 is 0 Å². The lowest BCUT2D eigenvalue weighted by Crippen LogP contribution is -2.43. The first-order valence-corrected chi connectivity index (χ1v) is 11.5. The molecule has 3 rings (SSSR count). The predicted octanol–water partition coefficient (Wildman–Crippen LogP) is 3.28. The summed E-state index contributed by atoms with van der Waals surface area (Å²) in [4.78, 5) is 14.6. The first kappa shape index (κ1) is 22.2. The second-order valence-corrected chi connectivity index (χ2v) is 9.34. The molecule has 30 heavy (non-hydrogen) atoms. The zero-order valence-corrected chi connectivity index (χ0v) is 18.1. The number of ether oxygens (including phenoxy) is 1. The van der Waals surface area contributed by atoms with E-state index in [-0.39, 0.29) is 29.8 Å². The van der Waals surface area contributed by atoms with Crippen LogP contribution in [0, 0.1) is 11.7 Å². The SMILES string of the molecule is CCOc1ccc(CN(C)C(=O)C2CCN(S(=O)(=O)c3ccc(F)cc3)CC2)cc1. The van der Waals surface area contributed by atoms with Gasteiger partial charge in [0, 0.05) is 32.6 Å². The smallest absolute Gasteiger partial charge is 0.243 e. The monoisotopic (exact) mass is 434 g/mol. The molecule has 1 fully saturated rings. The van der Waals surface area contributed by atoms with Gasteiger partial charge < -0.3 is 9.64 Å². The zero-order chi connectivity index (χ0) is 21.7. The lowest BCUT2D eigenvalue weighted by molar-refractivity contribution is -0.135. The van der Waals surface area contributed by atoms with Crippen LogP contribution in [0.2, 0.25) is 0 Å². The lowest BCUT2D eigenvalue weighted by Gasteiger charge is -2.32. The molecule has 2 aromatic carbocycles. The van der Waals surface area contributed by atoms with Gasteiger partial charge in [-0.2, -0.15) is 4.31 Å². The molecule has 0 unspecified atom stereocenters. The number of carbonyl (C=O) groups excluding carboxylic acids is 1. The van der Waals surface area contributed by atoms with Gasteiger partial charge in [-0.3, -0.25) is 4.79 Å². The van der Waals surface area contributed by atoms with E-state index in [1.165, 1.54) is 16.4 Å². The lowest BCUT2D eigenvalue weighted by atomic mass is 9.96. The van der Waals surface area contributed by atoms with E-state index in [1.54, 1.807) is 11.9 Å². The summed E-state index contributed by atoms with van der Waals surface area (Å²) < 4.78 is 45.3. The molecule has 0 spiro atoms. The Bertz CT molecular complexity index is 954. The molecule has 1 heterocycles. The van der Waals surface area contributed by atoms with E-state index in [2.05, 4.69) is 0 Å². The Labute approximate surface area is 177 Å². The van der Waals surface area contributed by atoms with Gasteiger partial charge in [-0.05, 0) is 61.7 Å². The van der Waals surface area contributed by atoms with Gasteiger partial charge in [0.25, 0.3) is 0 Å². The van der Waals surface area contributed by atoms with E-state index in [9.17, 15) is 17.6 Å². The minimum atomic E-state index is -3.68. The van der Waals surface area contributed by atoms with E-state index >= 15 is 0 Å². The topological polar surface area (TPSA) is 66.9 Å². The van der Waals surface area contributed by atoms with Gasteiger partial charge in [0.05, 0.1) is 11.5 Å². The van der Waals surface area contributed by atoms with E-state index in [1.807, 2.05) is 31.2 Å². The molecule has 1 amide bonds. The van der Waals surface area contributed by atoms with Gasteiger partial charge in [-0.1, -0.05) is 12.1 Å². The quantitative estimate of drug-likeness (QED) is 0.671. The van der Waals surface area contributed by atoms with Crippen molar-refractivity contribution in [2.24, 2.45) is 5.92 Å². The highest BCUT2D eigenvalue weighted by Crippen LogP contribution is 2.25. The molecule has 0 radical (unpaired) electrons. The first-order valence-electron chi connectivity index (χ1n) is 10.0. The Morgan fingerprint density at radius 3 is 2.27 bits per heavy atom. The number of rotatable bonds is 7. The van der Waals surface area contributed by atoms with Crippen LogP contribution in [0.4, 0.5) is 4.39 Å². The summed E-state index contributed by atoms with van der Waals surface area (Å²) in [6, 6.07) is 12.5. The van der Waals surface area contributed by atoms with Crippen molar-refractivity contribution in [3.8, 4) is 5.75 Å². The largest absolute Gasteiger partial charge is 0.494 e. The number of sulfonamides is 1. The average molecular weight is 435 g/mol. The van der Waals surface area contributed by atoms with Gasteiger partial charge in [-0.25, -0.2) is 12.8 Å². The van der Waals surface area contributed by atoms with Crippen molar-refractivity contribution in [1.29, 1.82) is 0 Å². The number of carbonyl (C=O) groups is 1. The minimum Gasteiger partial charge on any atom is -0.494 e. The van der Waals surface area contributed by atoms with Gasteiger partial charge in [0.2, 0.25) is 15.9 Å². The highest BCUT2D eigenvalue weighted by atomic mass is 32.2. The van der Waals surface area contributed by atoms with Gasteiger partial charge in [0.1, 0.15) is 11.6 Å². The summed E-state index contributed by atoms with van der Waals surface area (Å²) >= 11 is 0. The van der Waals surface area contributed by atoms with Crippen LogP contribution in [0.3, 0.4) is 0 Å². The van der Waals surface area contributed by atoms with Crippen molar-refractivity contribution in [3.05, 3.63) is 59.9 Å². The Kier molecular flexibility index (Phi) is 7.10. The highest BCUT2D eigenvalue weighted by molar-refractivity contribution is 7.89. The molecular formula is C22H27FN2O4S. The summed E-state index contributed by atoms with van der Waals surface area (Å²) in [7, 11) is -1.91. The number of halogens is 1. The van der Waals surface area contributed by atoms with Crippen molar-refractivity contribution in [2.45, 2.75) is 31.2 Å². The van der Waals surface area contributed by atoms with Gasteiger partial charge in [0.15, 0.2) is 0 Å². The molecule has 2 aromatic rings. The minimum absolute atomic E-state index is 0.0164. The number of hydrogen-bond donors (Lipinski definition) is 0. The molecule has 0 aliphatic carbocycles. The summed E-state index contributed by atoms with van der Waals surface area (Å²) in [5, 5.41) is 0. The first-order chi connectivity index (χ1) is 14.3. The number of amides is 1. The number of hydrogen-bond acceptors (Lipinski definition) is 4. The maximum absolute atomic E-state index is 13.1. The van der Waals surface area contributed by atoms with Crippen LogP contribution in [0.1, 0.15) is 25.3 Å². The number of piperidine rings is 1. The Balaban J connectivity index is 1.56. The number of benzene rings is 2. The summed E-state index contributed by atoms with van der Waals surface area (Å²) in [6.07, 6.45) is 0.930. The normalized spacial score (nSPS) is 15.7. The highest BCUT2D eigenvalue weighted by Gasteiger charge is 2.33. The molecule has 0 saturated carbocycles. The molecule has 1 aliphatic rings. The fourth-order valence-electron chi connectivity index (χ4n) is 3.62. The third kappa shape index (κ3) is 5.17. The summed E-state index contributed by atoms with van der Waals surface area (Å²) in [6.45, 7) is 3.56. The van der Waals surface area contributed by atoms with E-state index < -0.39 is 15.8 Å². The maximum atomic E-state index is 13.1. The zero-order valence-electron chi connectivity index (χ0n) is 17.3. The summed E-state index contributed by atoms with van der Waals surface area (Å²) in [5.74, 6) is 0.124. The van der Waals surface area contributed by atoms with Crippen molar-refractivity contribution < 1.29 is 22.3 Å². The standard InChI is InChI=1S/C22H27FN2O4S/c1-3-29-20-8-4-17(5-9-20)16-24(2)22(26)18-12-14-25(15-13-18)30(27,28)21-10-6-19(23)7-11-21/h4-11,18H,3,12-16H2,1-2H3. The van der Waals surface area contributed by atoms with Crippen LogP contribution in [-0.2, 0) is 21.4 Å². The molecule has 0 N–H and O–H groups in total. The molecule has 6 nitrogen and oxygen atoms in total. The van der Waals surface area contributed by atoms with E-state index in [4.69, 9.17) is 4.74 Å². The molecule has 1 saturated heterocycles. The maximum Gasteiger partial charge on any atom is 0.243 e. The van der Waals surface area contributed by atoms with Crippen molar-refractivity contribution in [2.75, 3.05) is 26.7 Å². The molecule has 0 bridgehead atoms. The fourth-order valence-corrected chi connectivity index (χ4v) is 5.09. The van der Waals surface area contributed by atoms with Crippen molar-refractivity contribution >= 4 is 15.9 Å². The van der Waals surface area contributed by atoms with Crippen LogP contribution in [0.5, 0.6) is 5.75 Å². The van der Waals surface area contributed by atoms with E-state index in [0.717, 1.165) is 23.4 Å². The molecule has 8 heteroatoms. The fraction of sp³-hybridized carbons (Fsp3) is 0.409. The molecule has 1 aliphatic heterocycles. The van der Waals surface area contributed by atoms with Gasteiger partial charge in [-0.15, -0.1) is 0 Å². The molecule has 0 atom stereocenters. The number of nitrogens with zero attached hydrogens (tertiary/aromatic N) is 2. The van der Waals surface area contributed by atoms with Crippen LogP contribution in [-0.4, -0.2) is 50.3 Å². The van der Waals surface area contributed by atoms with Crippen LogP contribution < -0.4 is 4.74 Å². The van der Waals surface area contributed by atoms with Crippen molar-refractivity contribution in [3.63, 3.8) is 0 Å².